The molecule has 1 aliphatic heterocycles. The SMILES string of the molecule is CCn1cc(N)c(C(=O)N2CCC(C)(CC)CC2)n1. The van der Waals surface area contributed by atoms with Gasteiger partial charge in [0.15, 0.2) is 5.69 Å². The first-order valence-electron chi connectivity index (χ1n) is 7.11. The lowest BCUT2D eigenvalue weighted by molar-refractivity contribution is 0.0595. The van der Waals surface area contributed by atoms with E-state index in [4.69, 9.17) is 5.73 Å². The fourth-order valence-electron chi connectivity index (χ4n) is 2.52. The zero-order chi connectivity index (χ0) is 14.0. The van der Waals surface area contributed by atoms with Gasteiger partial charge in [0.2, 0.25) is 0 Å². The second-order valence-electron chi connectivity index (χ2n) is 5.75. The molecule has 106 valence electrons. The number of anilines is 1. The molecule has 0 aliphatic carbocycles. The normalized spacial score (nSPS) is 18.6. The Morgan fingerprint density at radius 1 is 1.42 bits per heavy atom. The van der Waals surface area contributed by atoms with Gasteiger partial charge in [-0.2, -0.15) is 5.10 Å². The first kappa shape index (κ1) is 13.9. The van der Waals surface area contributed by atoms with Crippen molar-refractivity contribution >= 4 is 11.6 Å². The van der Waals surface area contributed by atoms with Crippen LogP contribution < -0.4 is 5.73 Å². The number of nitrogen functional groups attached to an aromatic ring is 1. The Morgan fingerprint density at radius 3 is 2.53 bits per heavy atom. The topological polar surface area (TPSA) is 64.2 Å². The van der Waals surface area contributed by atoms with Crippen molar-refractivity contribution in [2.24, 2.45) is 5.41 Å². The summed E-state index contributed by atoms with van der Waals surface area (Å²) >= 11 is 0. The lowest BCUT2D eigenvalue weighted by Crippen LogP contribution is -2.42. The van der Waals surface area contributed by atoms with Crippen LogP contribution in [0.5, 0.6) is 0 Å². The van der Waals surface area contributed by atoms with Gasteiger partial charge in [-0.3, -0.25) is 9.48 Å². The Bertz CT molecular complexity index is 458. The molecule has 1 aromatic heterocycles. The first-order valence-corrected chi connectivity index (χ1v) is 7.11. The molecule has 1 amide bonds. The minimum absolute atomic E-state index is 0.0251. The molecular formula is C14H24N4O. The van der Waals surface area contributed by atoms with Crippen LogP contribution in [0, 0.1) is 5.41 Å². The number of carbonyl (C=O) groups excluding carboxylic acids is 1. The van der Waals surface area contributed by atoms with Crippen molar-refractivity contribution in [3.8, 4) is 0 Å². The number of nitrogens with zero attached hydrogens (tertiary/aromatic N) is 3. The summed E-state index contributed by atoms with van der Waals surface area (Å²) in [6.45, 7) is 8.84. The minimum Gasteiger partial charge on any atom is -0.396 e. The molecule has 0 spiro atoms. The van der Waals surface area contributed by atoms with Gasteiger partial charge in [-0.15, -0.1) is 0 Å². The Balaban J connectivity index is 2.07. The monoisotopic (exact) mass is 264 g/mol. The summed E-state index contributed by atoms with van der Waals surface area (Å²) in [4.78, 5) is 14.3. The van der Waals surface area contributed by atoms with Crippen LogP contribution >= 0.6 is 0 Å². The average Bonchev–Trinajstić information content (AvgIpc) is 2.80. The number of hydrogen-bond donors (Lipinski definition) is 1. The molecule has 5 heteroatoms. The van der Waals surface area contributed by atoms with Crippen LogP contribution in [0.2, 0.25) is 0 Å². The molecule has 1 saturated heterocycles. The van der Waals surface area contributed by atoms with Crippen LogP contribution in [0.15, 0.2) is 6.20 Å². The van der Waals surface area contributed by atoms with Crippen LogP contribution in [0.1, 0.15) is 50.5 Å². The number of amides is 1. The second-order valence-corrected chi connectivity index (χ2v) is 5.75. The number of rotatable bonds is 3. The maximum atomic E-state index is 12.4. The minimum atomic E-state index is -0.0251. The number of piperidine rings is 1. The number of hydrogen-bond acceptors (Lipinski definition) is 3. The van der Waals surface area contributed by atoms with Crippen LogP contribution in [0.3, 0.4) is 0 Å². The number of carbonyl (C=O) groups is 1. The fraction of sp³-hybridized carbons (Fsp3) is 0.714. The molecule has 0 unspecified atom stereocenters. The molecule has 19 heavy (non-hydrogen) atoms. The second kappa shape index (κ2) is 5.23. The zero-order valence-electron chi connectivity index (χ0n) is 12.1. The summed E-state index contributed by atoms with van der Waals surface area (Å²) in [6.07, 6.45) is 5.02. The molecule has 0 aromatic carbocycles. The number of likely N-dealkylation sites (tertiary alicyclic amines) is 1. The van der Waals surface area contributed by atoms with Gasteiger partial charge in [0, 0.05) is 25.8 Å². The maximum Gasteiger partial charge on any atom is 0.276 e. The Labute approximate surface area is 114 Å². The smallest absolute Gasteiger partial charge is 0.276 e. The van der Waals surface area contributed by atoms with E-state index >= 15 is 0 Å². The van der Waals surface area contributed by atoms with Crippen LogP contribution in [-0.4, -0.2) is 33.7 Å². The van der Waals surface area contributed by atoms with E-state index in [1.165, 1.54) is 6.42 Å². The van der Waals surface area contributed by atoms with Crippen molar-refractivity contribution in [3.05, 3.63) is 11.9 Å². The molecule has 2 heterocycles. The molecule has 0 atom stereocenters. The molecule has 0 radical (unpaired) electrons. The highest BCUT2D eigenvalue weighted by atomic mass is 16.2. The van der Waals surface area contributed by atoms with Gasteiger partial charge in [0.1, 0.15) is 0 Å². The molecule has 0 bridgehead atoms. The molecule has 0 saturated carbocycles. The van der Waals surface area contributed by atoms with E-state index in [1.807, 2.05) is 11.8 Å². The zero-order valence-corrected chi connectivity index (χ0v) is 12.1. The Morgan fingerprint density at radius 2 is 2.05 bits per heavy atom. The standard InChI is InChI=1S/C14H24N4O/c1-4-14(3)6-8-17(9-7-14)13(19)12-11(15)10-18(5-2)16-12/h10H,4-9,15H2,1-3H3. The van der Waals surface area contributed by atoms with E-state index in [9.17, 15) is 4.79 Å². The van der Waals surface area contributed by atoms with Crippen LogP contribution in [0.4, 0.5) is 5.69 Å². The number of aryl methyl sites for hydroxylation is 1. The molecule has 5 nitrogen and oxygen atoms in total. The van der Waals surface area contributed by atoms with Gasteiger partial charge in [-0.05, 0) is 25.2 Å². The van der Waals surface area contributed by atoms with Crippen molar-refractivity contribution in [1.82, 2.24) is 14.7 Å². The van der Waals surface area contributed by atoms with Crippen LogP contribution in [-0.2, 0) is 6.54 Å². The number of aromatic nitrogens is 2. The van der Waals surface area contributed by atoms with Gasteiger partial charge in [0.25, 0.3) is 5.91 Å². The molecule has 2 N–H and O–H groups in total. The molecule has 1 aromatic rings. The van der Waals surface area contributed by atoms with Crippen molar-refractivity contribution in [1.29, 1.82) is 0 Å². The van der Waals surface area contributed by atoms with Gasteiger partial charge < -0.3 is 10.6 Å². The lowest BCUT2D eigenvalue weighted by Gasteiger charge is -2.38. The quantitative estimate of drug-likeness (QED) is 0.909. The fourth-order valence-corrected chi connectivity index (χ4v) is 2.52. The third-order valence-corrected chi connectivity index (χ3v) is 4.43. The highest BCUT2D eigenvalue weighted by molar-refractivity contribution is 5.97. The van der Waals surface area contributed by atoms with Crippen LogP contribution in [0.25, 0.3) is 0 Å². The van der Waals surface area contributed by atoms with Gasteiger partial charge in [-0.25, -0.2) is 0 Å². The summed E-state index contributed by atoms with van der Waals surface area (Å²) in [5.74, 6) is -0.0251. The first-order chi connectivity index (χ1) is 8.99. The third-order valence-electron chi connectivity index (χ3n) is 4.43. The van der Waals surface area contributed by atoms with E-state index < -0.39 is 0 Å². The van der Waals surface area contributed by atoms with Gasteiger partial charge in [-0.1, -0.05) is 20.3 Å². The maximum absolute atomic E-state index is 12.4. The van der Waals surface area contributed by atoms with Gasteiger partial charge >= 0.3 is 0 Å². The van der Waals surface area contributed by atoms with Gasteiger partial charge in [0.05, 0.1) is 5.69 Å². The Kier molecular flexibility index (Phi) is 3.83. The summed E-state index contributed by atoms with van der Waals surface area (Å²) in [5.41, 5.74) is 7.14. The van der Waals surface area contributed by atoms with Crippen molar-refractivity contribution in [2.75, 3.05) is 18.8 Å². The average molecular weight is 264 g/mol. The molecule has 1 fully saturated rings. The van der Waals surface area contributed by atoms with E-state index in [2.05, 4.69) is 18.9 Å². The van der Waals surface area contributed by atoms with E-state index in [-0.39, 0.29) is 5.91 Å². The van der Waals surface area contributed by atoms with E-state index in [0.29, 0.717) is 16.8 Å². The largest absolute Gasteiger partial charge is 0.396 e. The van der Waals surface area contributed by atoms with E-state index in [1.54, 1.807) is 10.9 Å². The van der Waals surface area contributed by atoms with E-state index in [0.717, 1.165) is 32.5 Å². The lowest BCUT2D eigenvalue weighted by atomic mass is 9.78. The van der Waals surface area contributed by atoms with Crippen molar-refractivity contribution < 1.29 is 4.79 Å². The summed E-state index contributed by atoms with van der Waals surface area (Å²) in [5, 5.41) is 4.26. The number of nitrogens with two attached hydrogens (primary N) is 1. The highest BCUT2D eigenvalue weighted by Gasteiger charge is 2.32. The highest BCUT2D eigenvalue weighted by Crippen LogP contribution is 2.34. The molecule has 2 rings (SSSR count). The Hall–Kier alpha value is -1.52. The predicted molar refractivity (Wildman–Crippen MR) is 75.8 cm³/mol. The predicted octanol–water partition coefficient (Wildman–Crippen LogP) is 2.14. The molecular weight excluding hydrogens is 240 g/mol. The molecule has 1 aliphatic rings. The van der Waals surface area contributed by atoms with Crippen molar-refractivity contribution in [2.45, 2.75) is 46.6 Å². The summed E-state index contributed by atoms with van der Waals surface area (Å²) in [7, 11) is 0. The van der Waals surface area contributed by atoms with Crippen molar-refractivity contribution in [3.63, 3.8) is 0 Å². The third kappa shape index (κ3) is 2.74. The summed E-state index contributed by atoms with van der Waals surface area (Å²) in [6, 6.07) is 0. The summed E-state index contributed by atoms with van der Waals surface area (Å²) < 4.78 is 1.71.